The van der Waals surface area contributed by atoms with Gasteiger partial charge >= 0.3 is 0 Å². The summed E-state index contributed by atoms with van der Waals surface area (Å²) >= 11 is 0. The van der Waals surface area contributed by atoms with Crippen LogP contribution < -0.4 is 5.56 Å². The van der Waals surface area contributed by atoms with Crippen molar-refractivity contribution < 1.29 is 4.39 Å². The van der Waals surface area contributed by atoms with Crippen LogP contribution in [0.25, 0.3) is 11.1 Å². The number of aromatic amines is 1. The number of aromatic nitrogens is 2. The molecule has 1 unspecified atom stereocenters. The van der Waals surface area contributed by atoms with E-state index in [-0.39, 0.29) is 11.3 Å². The maximum atomic E-state index is 14.1. The fourth-order valence-corrected chi connectivity index (χ4v) is 3.26. The molecule has 28 heavy (non-hydrogen) atoms. The highest BCUT2D eigenvalue weighted by Crippen LogP contribution is 2.25. The predicted molar refractivity (Wildman–Crippen MR) is 108 cm³/mol. The number of nitriles is 1. The number of hydrogen-bond acceptors (Lipinski definition) is 3. The molecule has 0 aliphatic heterocycles. The zero-order chi connectivity index (χ0) is 20.1. The van der Waals surface area contributed by atoms with Crippen LogP contribution in [0, 0.1) is 11.3 Å². The van der Waals surface area contributed by atoms with E-state index >= 15 is 0 Å². The molecule has 1 N–H and O–H groups in total. The highest BCUT2D eigenvalue weighted by Gasteiger charge is 2.17. The first-order valence-electron chi connectivity index (χ1n) is 9.38. The Hall–Kier alpha value is -3.26. The third-order valence-electron chi connectivity index (χ3n) is 4.65. The van der Waals surface area contributed by atoms with Crippen molar-refractivity contribution in [2.45, 2.75) is 39.3 Å². The molecule has 0 radical (unpaired) electrons. The minimum absolute atomic E-state index is 0.214. The highest BCUT2D eigenvalue weighted by molar-refractivity contribution is 5.70. The Kier molecular flexibility index (Phi) is 6.00. The quantitative estimate of drug-likeness (QED) is 0.667. The van der Waals surface area contributed by atoms with Gasteiger partial charge in [-0.2, -0.15) is 5.26 Å². The fourth-order valence-electron chi connectivity index (χ4n) is 3.26. The third kappa shape index (κ3) is 4.17. The van der Waals surface area contributed by atoms with Crippen LogP contribution in [0.15, 0.2) is 53.3 Å². The second-order valence-electron chi connectivity index (χ2n) is 6.77. The van der Waals surface area contributed by atoms with Gasteiger partial charge in [0.25, 0.3) is 5.56 Å². The normalized spacial score (nSPS) is 11.8. The Morgan fingerprint density at radius 1 is 1.18 bits per heavy atom. The van der Waals surface area contributed by atoms with E-state index in [1.54, 1.807) is 6.07 Å². The molecule has 0 bridgehead atoms. The number of H-pyrrole nitrogens is 1. The van der Waals surface area contributed by atoms with Crippen molar-refractivity contribution in [3.8, 4) is 17.2 Å². The van der Waals surface area contributed by atoms with Gasteiger partial charge in [-0.15, -0.1) is 0 Å². The second-order valence-corrected chi connectivity index (χ2v) is 6.77. The number of benzene rings is 2. The Morgan fingerprint density at radius 3 is 2.54 bits per heavy atom. The number of hydrogen-bond donors (Lipinski definition) is 1. The molecular weight excluding hydrogens is 353 g/mol. The zero-order valence-electron chi connectivity index (χ0n) is 16.0. The Morgan fingerprint density at radius 2 is 1.89 bits per heavy atom. The molecule has 0 saturated carbocycles. The van der Waals surface area contributed by atoms with Crippen LogP contribution >= 0.6 is 0 Å². The number of alkyl halides is 1. The largest absolute Gasteiger partial charge is 0.310 e. The maximum absolute atomic E-state index is 14.1. The first-order chi connectivity index (χ1) is 13.5. The summed E-state index contributed by atoms with van der Waals surface area (Å²) in [6, 6.07) is 17.2. The van der Waals surface area contributed by atoms with E-state index < -0.39 is 6.17 Å². The van der Waals surface area contributed by atoms with Crippen molar-refractivity contribution in [1.29, 1.82) is 5.26 Å². The van der Waals surface area contributed by atoms with Crippen molar-refractivity contribution in [3.05, 3.63) is 87.1 Å². The summed E-state index contributed by atoms with van der Waals surface area (Å²) in [5, 5.41) is 9.27. The minimum atomic E-state index is -1.31. The van der Waals surface area contributed by atoms with Gasteiger partial charge in [0.15, 0.2) is 0 Å². The molecule has 3 aromatic rings. The van der Waals surface area contributed by atoms with E-state index in [1.807, 2.05) is 49.4 Å². The Bertz CT molecular complexity index is 1060. The molecule has 142 valence electrons. The summed E-state index contributed by atoms with van der Waals surface area (Å²) in [6.45, 7) is 3.39. The van der Waals surface area contributed by atoms with Gasteiger partial charge in [-0.25, -0.2) is 9.37 Å². The van der Waals surface area contributed by atoms with Crippen LogP contribution in [-0.4, -0.2) is 9.97 Å². The van der Waals surface area contributed by atoms with Crippen molar-refractivity contribution in [1.82, 2.24) is 9.97 Å². The summed E-state index contributed by atoms with van der Waals surface area (Å²) in [6.07, 6.45) is 0.434. The number of aryl methyl sites for hydroxylation is 1. The highest BCUT2D eigenvalue weighted by atomic mass is 19.1. The topological polar surface area (TPSA) is 69.5 Å². The predicted octanol–water partition coefficient (Wildman–Crippen LogP) is 4.88. The lowest BCUT2D eigenvalue weighted by Crippen LogP contribution is -2.21. The average Bonchev–Trinajstić information content (AvgIpc) is 2.70. The van der Waals surface area contributed by atoms with Crippen LogP contribution in [0.5, 0.6) is 0 Å². The number of halogens is 1. The lowest BCUT2D eigenvalue weighted by molar-refractivity contribution is 0.361. The molecule has 0 amide bonds. The van der Waals surface area contributed by atoms with E-state index in [1.165, 1.54) is 6.92 Å². The van der Waals surface area contributed by atoms with E-state index in [0.717, 1.165) is 23.1 Å². The fraction of sp³-hybridized carbons (Fsp3) is 0.261. The van der Waals surface area contributed by atoms with Gasteiger partial charge in [-0.3, -0.25) is 4.79 Å². The van der Waals surface area contributed by atoms with Gasteiger partial charge in [-0.1, -0.05) is 49.4 Å². The third-order valence-corrected chi connectivity index (χ3v) is 4.65. The molecule has 0 aliphatic carbocycles. The molecule has 5 heteroatoms. The lowest BCUT2D eigenvalue weighted by Gasteiger charge is -2.12. The van der Waals surface area contributed by atoms with E-state index in [2.05, 4.69) is 16.0 Å². The summed E-state index contributed by atoms with van der Waals surface area (Å²) in [5.41, 5.74) is 3.57. The molecule has 1 heterocycles. The molecule has 2 aromatic carbocycles. The van der Waals surface area contributed by atoms with Crippen molar-refractivity contribution in [2.75, 3.05) is 0 Å². The van der Waals surface area contributed by atoms with Crippen molar-refractivity contribution in [3.63, 3.8) is 0 Å². The molecule has 1 atom stereocenters. The maximum Gasteiger partial charge on any atom is 0.254 e. The summed E-state index contributed by atoms with van der Waals surface area (Å²) < 4.78 is 14.1. The summed E-state index contributed by atoms with van der Waals surface area (Å²) in [5.74, 6) is 0.527. The van der Waals surface area contributed by atoms with Crippen LogP contribution in [0.1, 0.15) is 54.6 Å². The first kappa shape index (κ1) is 19.5. The average molecular weight is 375 g/mol. The van der Waals surface area contributed by atoms with Gasteiger partial charge in [0, 0.05) is 18.4 Å². The van der Waals surface area contributed by atoms with E-state index in [4.69, 9.17) is 0 Å². The number of rotatable bonds is 6. The standard InChI is InChI=1S/C23H22FN3O/c1-3-6-21-26-22(15(2)24)20(23(28)27-21)13-16-9-11-17(12-10-16)19-8-5-4-7-18(19)14-25/h4-5,7-12,15H,3,6,13H2,1-2H3,(H,26,27,28). The van der Waals surface area contributed by atoms with Gasteiger partial charge in [0.2, 0.25) is 0 Å². The van der Waals surface area contributed by atoms with Crippen LogP contribution in [0.3, 0.4) is 0 Å². The molecule has 0 saturated heterocycles. The first-order valence-corrected chi connectivity index (χ1v) is 9.38. The van der Waals surface area contributed by atoms with Gasteiger partial charge in [0.1, 0.15) is 12.0 Å². The monoisotopic (exact) mass is 375 g/mol. The minimum Gasteiger partial charge on any atom is -0.310 e. The van der Waals surface area contributed by atoms with Crippen molar-refractivity contribution >= 4 is 0 Å². The second kappa shape index (κ2) is 8.62. The number of nitrogens with one attached hydrogen (secondary N) is 1. The molecule has 0 fully saturated rings. The van der Waals surface area contributed by atoms with Gasteiger partial charge < -0.3 is 4.98 Å². The molecule has 0 spiro atoms. The SMILES string of the molecule is CCCc1nc(C(C)F)c(Cc2ccc(-c3ccccc3C#N)cc2)c(=O)[nH]1. The van der Waals surface area contributed by atoms with Gasteiger partial charge in [0.05, 0.1) is 17.3 Å². The Balaban J connectivity index is 1.93. The smallest absolute Gasteiger partial charge is 0.254 e. The van der Waals surface area contributed by atoms with Crippen LogP contribution in [0.4, 0.5) is 4.39 Å². The Labute approximate surface area is 163 Å². The van der Waals surface area contributed by atoms with Crippen LogP contribution in [0.2, 0.25) is 0 Å². The lowest BCUT2D eigenvalue weighted by atomic mass is 9.97. The number of nitrogens with zero attached hydrogens (tertiary/aromatic N) is 2. The summed E-state index contributed by atoms with van der Waals surface area (Å²) in [7, 11) is 0. The van der Waals surface area contributed by atoms with E-state index in [9.17, 15) is 14.4 Å². The summed E-state index contributed by atoms with van der Waals surface area (Å²) in [4.78, 5) is 19.6. The molecule has 4 nitrogen and oxygen atoms in total. The zero-order valence-corrected chi connectivity index (χ0v) is 16.0. The molecule has 3 rings (SSSR count). The van der Waals surface area contributed by atoms with Crippen LogP contribution in [-0.2, 0) is 12.8 Å². The van der Waals surface area contributed by atoms with Crippen molar-refractivity contribution in [2.24, 2.45) is 0 Å². The van der Waals surface area contributed by atoms with E-state index in [0.29, 0.717) is 29.8 Å². The molecule has 0 aliphatic rings. The van der Waals surface area contributed by atoms with Gasteiger partial charge in [-0.05, 0) is 36.1 Å². The molecular formula is C23H22FN3O. The molecule has 1 aromatic heterocycles.